The van der Waals surface area contributed by atoms with E-state index < -0.39 is 11.8 Å². The van der Waals surface area contributed by atoms with E-state index in [0.29, 0.717) is 22.5 Å². The maximum atomic E-state index is 12.2. The van der Waals surface area contributed by atoms with Crippen LogP contribution in [-0.4, -0.2) is 16.9 Å². The number of benzene rings is 2. The second-order valence-electron chi connectivity index (χ2n) is 5.21. The van der Waals surface area contributed by atoms with E-state index in [-0.39, 0.29) is 11.3 Å². The van der Waals surface area contributed by atoms with Gasteiger partial charge < -0.3 is 21.5 Å². The molecule has 0 spiro atoms. The molecule has 0 fully saturated rings. The molecule has 2 rings (SSSR count). The fourth-order valence-electron chi connectivity index (χ4n) is 2.01. The topological polar surface area (TPSA) is 128 Å². The van der Waals surface area contributed by atoms with Gasteiger partial charge in [-0.2, -0.15) is 5.26 Å². The van der Waals surface area contributed by atoms with Crippen molar-refractivity contribution in [2.75, 3.05) is 10.6 Å². The molecule has 7 heteroatoms. The van der Waals surface area contributed by atoms with Gasteiger partial charge in [-0.1, -0.05) is 0 Å². The molecule has 0 aliphatic rings. The maximum Gasteiger partial charge on any atom is 0.267 e. The average Bonchev–Trinajstić information content (AvgIpc) is 2.58. The second kappa shape index (κ2) is 7.66. The number of primary amides is 1. The molecule has 0 aromatic heterocycles. The number of phenols is 1. The van der Waals surface area contributed by atoms with E-state index in [2.05, 4.69) is 10.6 Å². The van der Waals surface area contributed by atoms with Crippen LogP contribution < -0.4 is 16.4 Å². The lowest BCUT2D eigenvalue weighted by molar-refractivity contribution is -0.112. The molecule has 0 bridgehead atoms. The molecule has 0 unspecified atom stereocenters. The molecular formula is C18H16N4O3. The van der Waals surface area contributed by atoms with Crippen molar-refractivity contribution in [3.05, 3.63) is 65.4 Å². The number of hydrogen-bond acceptors (Lipinski definition) is 5. The van der Waals surface area contributed by atoms with Gasteiger partial charge in [0, 0.05) is 23.1 Å². The summed E-state index contributed by atoms with van der Waals surface area (Å²) in [6.45, 7) is 1.73. The Morgan fingerprint density at radius 2 is 1.88 bits per heavy atom. The lowest BCUT2D eigenvalue weighted by Gasteiger charge is -2.08. The first kappa shape index (κ1) is 17.6. The Morgan fingerprint density at radius 1 is 1.20 bits per heavy atom. The number of anilines is 2. The first-order valence-corrected chi connectivity index (χ1v) is 7.28. The highest BCUT2D eigenvalue weighted by molar-refractivity contribution is 6.07. The van der Waals surface area contributed by atoms with Gasteiger partial charge in [-0.3, -0.25) is 9.59 Å². The Hall–Kier alpha value is -3.79. The summed E-state index contributed by atoms with van der Waals surface area (Å²) in [5.41, 5.74) is 7.13. The van der Waals surface area contributed by atoms with Crippen molar-refractivity contribution in [2.24, 2.45) is 5.73 Å². The van der Waals surface area contributed by atoms with Crippen molar-refractivity contribution < 1.29 is 14.7 Å². The van der Waals surface area contributed by atoms with Crippen molar-refractivity contribution in [1.82, 2.24) is 0 Å². The van der Waals surface area contributed by atoms with Crippen LogP contribution in [0.4, 0.5) is 11.4 Å². The lowest BCUT2D eigenvalue weighted by Crippen LogP contribution is -2.15. The molecule has 25 heavy (non-hydrogen) atoms. The predicted molar refractivity (Wildman–Crippen MR) is 93.8 cm³/mol. The van der Waals surface area contributed by atoms with Gasteiger partial charge in [0.05, 0.1) is 0 Å². The molecule has 2 aromatic carbocycles. The summed E-state index contributed by atoms with van der Waals surface area (Å²) in [4.78, 5) is 23.2. The largest absolute Gasteiger partial charge is 0.508 e. The van der Waals surface area contributed by atoms with Gasteiger partial charge in [0.15, 0.2) is 0 Å². The Kier molecular flexibility index (Phi) is 5.38. The summed E-state index contributed by atoms with van der Waals surface area (Å²) in [6.07, 6.45) is 1.27. The van der Waals surface area contributed by atoms with Crippen LogP contribution >= 0.6 is 0 Å². The molecule has 0 atom stereocenters. The van der Waals surface area contributed by atoms with Crippen LogP contribution in [0.5, 0.6) is 5.75 Å². The number of hydrogen-bond donors (Lipinski definition) is 4. The van der Waals surface area contributed by atoms with Crippen LogP contribution in [-0.2, 0) is 4.79 Å². The molecule has 0 radical (unpaired) electrons. The number of nitrogens with zero attached hydrogens (tertiary/aromatic N) is 1. The van der Waals surface area contributed by atoms with Gasteiger partial charge in [0.25, 0.3) is 5.91 Å². The number of rotatable bonds is 5. The average molecular weight is 336 g/mol. The number of carbonyl (C=O) groups excluding carboxylic acids is 2. The minimum atomic E-state index is -0.586. The minimum absolute atomic E-state index is 0.0904. The zero-order valence-electron chi connectivity index (χ0n) is 13.4. The summed E-state index contributed by atoms with van der Waals surface area (Å²) in [6, 6.07) is 12.6. The molecule has 2 amide bonds. The Balaban J connectivity index is 2.09. The number of carbonyl (C=O) groups is 2. The molecule has 0 saturated heterocycles. The molecule has 2 aromatic rings. The van der Waals surface area contributed by atoms with Crippen LogP contribution in [0.25, 0.3) is 0 Å². The third-order valence-corrected chi connectivity index (χ3v) is 3.38. The van der Waals surface area contributed by atoms with E-state index in [0.717, 1.165) is 0 Å². The summed E-state index contributed by atoms with van der Waals surface area (Å²) in [5, 5.41) is 24.0. The lowest BCUT2D eigenvalue weighted by atomic mass is 10.1. The number of amides is 2. The van der Waals surface area contributed by atoms with Crippen molar-refractivity contribution in [2.45, 2.75) is 6.92 Å². The zero-order valence-corrected chi connectivity index (χ0v) is 13.4. The van der Waals surface area contributed by atoms with E-state index in [1.165, 1.54) is 30.5 Å². The SMILES string of the molecule is Cc1cc(O)ccc1NC(=O)/C(C#N)=C\Nc1ccc(C(N)=O)cc1. The molecule has 0 aliphatic heterocycles. The number of nitrogens with one attached hydrogen (secondary N) is 2. The maximum absolute atomic E-state index is 12.2. The number of aryl methyl sites for hydroxylation is 1. The van der Waals surface area contributed by atoms with E-state index in [4.69, 9.17) is 11.0 Å². The number of aromatic hydroxyl groups is 1. The van der Waals surface area contributed by atoms with E-state index in [1.54, 1.807) is 25.1 Å². The highest BCUT2D eigenvalue weighted by atomic mass is 16.3. The molecule has 0 saturated carbocycles. The van der Waals surface area contributed by atoms with Gasteiger partial charge in [0.1, 0.15) is 17.4 Å². The standard InChI is InChI=1S/C18H16N4O3/c1-11-8-15(23)6-7-16(11)22-18(25)13(9-19)10-21-14-4-2-12(3-5-14)17(20)24/h2-8,10,21,23H,1H3,(H2,20,24)(H,22,25)/b13-10-. The first-order chi connectivity index (χ1) is 11.9. The van der Waals surface area contributed by atoms with Gasteiger partial charge in [-0.05, 0) is 55.0 Å². The highest BCUT2D eigenvalue weighted by Crippen LogP contribution is 2.20. The van der Waals surface area contributed by atoms with Crippen molar-refractivity contribution in [3.63, 3.8) is 0 Å². The van der Waals surface area contributed by atoms with Crippen molar-refractivity contribution in [1.29, 1.82) is 5.26 Å². The normalized spacial score (nSPS) is 10.6. The minimum Gasteiger partial charge on any atom is -0.508 e. The fraction of sp³-hybridized carbons (Fsp3) is 0.0556. The third kappa shape index (κ3) is 4.59. The van der Waals surface area contributed by atoms with E-state index in [9.17, 15) is 14.7 Å². The monoisotopic (exact) mass is 336 g/mol. The molecular weight excluding hydrogens is 320 g/mol. The molecule has 0 aliphatic carbocycles. The third-order valence-electron chi connectivity index (χ3n) is 3.38. The van der Waals surface area contributed by atoms with Crippen LogP contribution in [0.1, 0.15) is 15.9 Å². The van der Waals surface area contributed by atoms with Gasteiger partial charge in [-0.25, -0.2) is 0 Å². The Morgan fingerprint density at radius 3 is 2.44 bits per heavy atom. The van der Waals surface area contributed by atoms with Crippen LogP contribution in [0.2, 0.25) is 0 Å². The smallest absolute Gasteiger partial charge is 0.267 e. The highest BCUT2D eigenvalue weighted by Gasteiger charge is 2.11. The molecule has 126 valence electrons. The van der Waals surface area contributed by atoms with Gasteiger partial charge in [-0.15, -0.1) is 0 Å². The predicted octanol–water partition coefficient (Wildman–Crippen LogP) is 2.26. The molecule has 5 N–H and O–H groups in total. The summed E-state index contributed by atoms with van der Waals surface area (Å²) < 4.78 is 0. The van der Waals surface area contributed by atoms with Crippen LogP contribution in [0, 0.1) is 18.3 Å². The quantitative estimate of drug-likeness (QED) is 0.378. The Bertz CT molecular complexity index is 880. The Labute approximate surface area is 144 Å². The van der Waals surface area contributed by atoms with Crippen molar-refractivity contribution >= 4 is 23.2 Å². The first-order valence-electron chi connectivity index (χ1n) is 7.28. The fourth-order valence-corrected chi connectivity index (χ4v) is 2.01. The number of phenolic OH excluding ortho intramolecular Hbond substituents is 1. The summed E-state index contributed by atoms with van der Waals surface area (Å²) in [5.74, 6) is -1.03. The molecule has 0 heterocycles. The van der Waals surface area contributed by atoms with Crippen LogP contribution in [0.3, 0.4) is 0 Å². The number of nitriles is 1. The molecule has 7 nitrogen and oxygen atoms in total. The number of nitrogens with two attached hydrogens (primary N) is 1. The summed E-state index contributed by atoms with van der Waals surface area (Å²) in [7, 11) is 0. The van der Waals surface area contributed by atoms with Crippen molar-refractivity contribution in [3.8, 4) is 11.8 Å². The van der Waals surface area contributed by atoms with E-state index in [1.807, 2.05) is 6.07 Å². The van der Waals surface area contributed by atoms with E-state index >= 15 is 0 Å². The second-order valence-corrected chi connectivity index (χ2v) is 5.21. The van der Waals surface area contributed by atoms with Gasteiger partial charge >= 0.3 is 0 Å². The summed E-state index contributed by atoms with van der Waals surface area (Å²) >= 11 is 0. The van der Waals surface area contributed by atoms with Crippen LogP contribution in [0.15, 0.2) is 54.2 Å². The zero-order chi connectivity index (χ0) is 18.4. The van der Waals surface area contributed by atoms with Gasteiger partial charge in [0.2, 0.25) is 5.91 Å².